The second-order valence-electron chi connectivity index (χ2n) is 4.78. The van der Waals surface area contributed by atoms with E-state index in [9.17, 15) is 9.59 Å². The number of halogens is 2. The van der Waals surface area contributed by atoms with Gasteiger partial charge in [0.2, 0.25) is 0 Å². The maximum Gasteiger partial charge on any atom is 0.283 e. The number of aromatic nitrogens is 2. The number of rotatable bonds is 3. The highest BCUT2D eigenvalue weighted by atomic mass is 35.5. The lowest BCUT2D eigenvalue weighted by atomic mass is 10.1. The molecule has 0 amide bonds. The molecule has 0 aliphatic carbocycles. The molecule has 0 fully saturated rings. The van der Waals surface area contributed by atoms with Crippen LogP contribution in [0.3, 0.4) is 0 Å². The summed E-state index contributed by atoms with van der Waals surface area (Å²) < 4.78 is 1.17. The SMILES string of the molecule is O=C(Cl)c1cc(-c2ccc(Cl)cc2)nn(-c2ccccc2)c1=O. The lowest BCUT2D eigenvalue weighted by Crippen LogP contribution is -2.26. The largest absolute Gasteiger partial charge is 0.283 e. The highest BCUT2D eigenvalue weighted by Crippen LogP contribution is 2.20. The molecule has 1 heterocycles. The van der Waals surface area contributed by atoms with Crippen LogP contribution in [0.15, 0.2) is 65.5 Å². The first-order chi connectivity index (χ1) is 11.1. The Morgan fingerprint density at radius 1 is 1.00 bits per heavy atom. The van der Waals surface area contributed by atoms with Gasteiger partial charge in [-0.05, 0) is 41.9 Å². The molecule has 0 saturated heterocycles. The van der Waals surface area contributed by atoms with Crippen LogP contribution in [0.25, 0.3) is 16.9 Å². The van der Waals surface area contributed by atoms with Crippen LogP contribution in [-0.4, -0.2) is 15.0 Å². The summed E-state index contributed by atoms with van der Waals surface area (Å²) in [6.45, 7) is 0. The summed E-state index contributed by atoms with van der Waals surface area (Å²) in [5, 5.41) is 4.10. The van der Waals surface area contributed by atoms with Crippen molar-refractivity contribution < 1.29 is 4.79 Å². The molecule has 0 unspecified atom stereocenters. The molecule has 0 radical (unpaired) electrons. The zero-order chi connectivity index (χ0) is 16.4. The Bertz CT molecular complexity index is 920. The fourth-order valence-electron chi connectivity index (χ4n) is 2.14. The Kier molecular flexibility index (Phi) is 4.28. The van der Waals surface area contributed by atoms with Gasteiger partial charge in [-0.1, -0.05) is 41.9 Å². The van der Waals surface area contributed by atoms with Crippen molar-refractivity contribution in [3.05, 3.63) is 81.6 Å². The number of hydrogen-bond acceptors (Lipinski definition) is 3. The van der Waals surface area contributed by atoms with E-state index in [1.54, 1.807) is 48.5 Å². The number of benzene rings is 2. The Balaban J connectivity index is 2.26. The van der Waals surface area contributed by atoms with Crippen LogP contribution in [0.1, 0.15) is 10.4 Å². The molecule has 3 aromatic rings. The van der Waals surface area contributed by atoms with Crippen molar-refractivity contribution in [2.75, 3.05) is 0 Å². The van der Waals surface area contributed by atoms with Crippen molar-refractivity contribution >= 4 is 28.4 Å². The summed E-state index contributed by atoms with van der Waals surface area (Å²) in [4.78, 5) is 24.0. The molecule has 0 N–H and O–H groups in total. The summed E-state index contributed by atoms with van der Waals surface area (Å²) in [5.41, 5.74) is 1.03. The fraction of sp³-hybridized carbons (Fsp3) is 0. The summed E-state index contributed by atoms with van der Waals surface area (Å²) >= 11 is 11.4. The van der Waals surface area contributed by atoms with Gasteiger partial charge in [0, 0.05) is 10.6 Å². The maximum atomic E-state index is 12.4. The van der Waals surface area contributed by atoms with Crippen molar-refractivity contribution in [1.29, 1.82) is 0 Å². The van der Waals surface area contributed by atoms with Crippen LogP contribution in [0.4, 0.5) is 0 Å². The fourth-order valence-corrected chi connectivity index (χ4v) is 2.40. The van der Waals surface area contributed by atoms with Crippen molar-refractivity contribution in [2.45, 2.75) is 0 Å². The molecule has 0 saturated carbocycles. The molecule has 0 spiro atoms. The van der Waals surface area contributed by atoms with E-state index in [-0.39, 0.29) is 5.56 Å². The average molecular weight is 345 g/mol. The van der Waals surface area contributed by atoms with Gasteiger partial charge in [-0.25, -0.2) is 0 Å². The highest BCUT2D eigenvalue weighted by molar-refractivity contribution is 6.67. The molecule has 4 nitrogen and oxygen atoms in total. The van der Waals surface area contributed by atoms with Gasteiger partial charge in [0.05, 0.1) is 11.4 Å². The predicted molar refractivity (Wildman–Crippen MR) is 90.5 cm³/mol. The summed E-state index contributed by atoms with van der Waals surface area (Å²) in [5.74, 6) is 0. The van der Waals surface area contributed by atoms with Crippen LogP contribution in [0, 0.1) is 0 Å². The third kappa shape index (κ3) is 3.18. The third-order valence-corrected chi connectivity index (χ3v) is 3.72. The van der Waals surface area contributed by atoms with Crippen molar-refractivity contribution in [3.8, 4) is 16.9 Å². The van der Waals surface area contributed by atoms with E-state index in [1.807, 2.05) is 6.07 Å². The Labute approximate surface area is 141 Å². The smallest absolute Gasteiger partial charge is 0.275 e. The van der Waals surface area contributed by atoms with Crippen molar-refractivity contribution in [1.82, 2.24) is 9.78 Å². The minimum absolute atomic E-state index is 0.129. The third-order valence-electron chi connectivity index (χ3n) is 3.26. The zero-order valence-corrected chi connectivity index (χ0v) is 13.3. The van der Waals surface area contributed by atoms with E-state index in [1.165, 1.54) is 10.7 Å². The summed E-state index contributed by atoms with van der Waals surface area (Å²) in [6.07, 6.45) is 0. The van der Waals surface area contributed by atoms with Crippen LogP contribution in [0.5, 0.6) is 0 Å². The Morgan fingerprint density at radius 2 is 1.65 bits per heavy atom. The van der Waals surface area contributed by atoms with Gasteiger partial charge in [-0.2, -0.15) is 9.78 Å². The summed E-state index contributed by atoms with van der Waals surface area (Å²) in [7, 11) is 0. The van der Waals surface area contributed by atoms with Crippen molar-refractivity contribution in [2.24, 2.45) is 0 Å². The molecule has 23 heavy (non-hydrogen) atoms. The number of hydrogen-bond donors (Lipinski definition) is 0. The zero-order valence-electron chi connectivity index (χ0n) is 11.7. The normalized spacial score (nSPS) is 10.5. The highest BCUT2D eigenvalue weighted by Gasteiger charge is 2.15. The minimum atomic E-state index is -0.822. The first-order valence-corrected chi connectivity index (χ1v) is 7.47. The number of carbonyl (C=O) groups is 1. The molecule has 2 aromatic carbocycles. The first kappa shape index (κ1) is 15.5. The van der Waals surface area contributed by atoms with Gasteiger partial charge < -0.3 is 0 Å². The molecular formula is C17H10Cl2N2O2. The molecule has 0 aliphatic rings. The minimum Gasteiger partial charge on any atom is -0.275 e. The maximum absolute atomic E-state index is 12.4. The van der Waals surface area contributed by atoms with E-state index in [0.29, 0.717) is 16.4 Å². The standard InChI is InChI=1S/C17H10Cl2N2O2/c18-12-8-6-11(7-9-12)15-10-14(16(19)22)17(23)21(20-15)13-4-2-1-3-5-13/h1-10H. The molecule has 0 atom stereocenters. The van der Waals surface area contributed by atoms with E-state index >= 15 is 0 Å². The van der Waals surface area contributed by atoms with Gasteiger partial charge in [0.1, 0.15) is 5.56 Å². The second kappa shape index (κ2) is 6.36. The predicted octanol–water partition coefficient (Wildman–Crippen LogP) is 3.93. The van der Waals surface area contributed by atoms with Gasteiger partial charge in [-0.15, -0.1) is 0 Å². The van der Waals surface area contributed by atoms with Crippen LogP contribution < -0.4 is 5.56 Å². The number of carbonyl (C=O) groups excluding carboxylic acids is 1. The molecule has 1 aromatic heterocycles. The quantitative estimate of drug-likeness (QED) is 0.676. The first-order valence-electron chi connectivity index (χ1n) is 6.72. The lowest BCUT2D eigenvalue weighted by molar-refractivity contribution is 0.107. The Hall–Kier alpha value is -2.43. The molecule has 6 heteroatoms. The van der Waals surface area contributed by atoms with E-state index in [2.05, 4.69) is 5.10 Å². The molecule has 0 aliphatic heterocycles. The van der Waals surface area contributed by atoms with Gasteiger partial charge in [0.25, 0.3) is 10.8 Å². The van der Waals surface area contributed by atoms with Crippen LogP contribution in [0.2, 0.25) is 5.02 Å². The number of nitrogens with zero attached hydrogens (tertiary/aromatic N) is 2. The van der Waals surface area contributed by atoms with E-state index in [4.69, 9.17) is 23.2 Å². The van der Waals surface area contributed by atoms with Gasteiger partial charge in [0.15, 0.2) is 0 Å². The second-order valence-corrected chi connectivity index (χ2v) is 5.56. The molecule has 0 bridgehead atoms. The van der Waals surface area contributed by atoms with Gasteiger partial charge in [-0.3, -0.25) is 9.59 Å². The average Bonchev–Trinajstić information content (AvgIpc) is 2.56. The van der Waals surface area contributed by atoms with Crippen LogP contribution >= 0.6 is 23.2 Å². The lowest BCUT2D eigenvalue weighted by Gasteiger charge is -2.09. The summed E-state index contributed by atoms with van der Waals surface area (Å²) in [6, 6.07) is 17.1. The van der Waals surface area contributed by atoms with Crippen molar-refractivity contribution in [3.63, 3.8) is 0 Å². The van der Waals surface area contributed by atoms with E-state index < -0.39 is 10.8 Å². The topological polar surface area (TPSA) is 52.0 Å². The molecule has 114 valence electrons. The number of para-hydroxylation sites is 1. The Morgan fingerprint density at radius 3 is 2.26 bits per heavy atom. The monoisotopic (exact) mass is 344 g/mol. The molecule has 3 rings (SSSR count). The van der Waals surface area contributed by atoms with Crippen LogP contribution in [-0.2, 0) is 0 Å². The van der Waals surface area contributed by atoms with E-state index in [0.717, 1.165) is 5.56 Å². The van der Waals surface area contributed by atoms with Gasteiger partial charge >= 0.3 is 0 Å². The molecular weight excluding hydrogens is 335 g/mol.